The molecule has 2 rings (SSSR count). The summed E-state index contributed by atoms with van der Waals surface area (Å²) in [6, 6.07) is 1.93. The van der Waals surface area contributed by atoms with Gasteiger partial charge >= 0.3 is 0 Å². The van der Waals surface area contributed by atoms with Crippen LogP contribution in [0.5, 0.6) is 0 Å². The third kappa shape index (κ3) is 4.18. The van der Waals surface area contributed by atoms with Gasteiger partial charge in [-0.2, -0.15) is 0 Å². The highest BCUT2D eigenvalue weighted by Gasteiger charge is 2.21. The molecule has 5 nitrogen and oxygen atoms in total. The number of thioether (sulfide) groups is 1. The minimum absolute atomic E-state index is 0.125. The number of carbonyl (C=O) groups excluding carboxylic acids is 1. The molecular weight excluding hydrogens is 262 g/mol. The van der Waals surface area contributed by atoms with Gasteiger partial charge in [-0.3, -0.25) is 4.79 Å². The Labute approximate surface area is 117 Å². The molecule has 1 saturated heterocycles. The van der Waals surface area contributed by atoms with Gasteiger partial charge < -0.3 is 9.64 Å². The van der Waals surface area contributed by atoms with Gasteiger partial charge in [0.25, 0.3) is 0 Å². The second-order valence-corrected chi connectivity index (χ2v) is 5.69. The molecule has 0 aliphatic carbocycles. The van der Waals surface area contributed by atoms with Crippen molar-refractivity contribution in [3.05, 3.63) is 17.5 Å². The van der Waals surface area contributed by atoms with Gasteiger partial charge in [-0.15, -0.1) is 0 Å². The normalized spacial score (nSPS) is 19.5. The first-order valence-electron chi connectivity index (χ1n) is 6.39. The van der Waals surface area contributed by atoms with E-state index in [9.17, 15) is 4.79 Å². The second kappa shape index (κ2) is 6.34. The van der Waals surface area contributed by atoms with E-state index >= 15 is 0 Å². The molecule has 1 unspecified atom stereocenters. The van der Waals surface area contributed by atoms with Crippen molar-refractivity contribution in [2.24, 2.45) is 0 Å². The molecular formula is C13H19N3O2S. The average Bonchev–Trinajstić information content (AvgIpc) is 2.35. The minimum atomic E-state index is 0.125. The Kier molecular flexibility index (Phi) is 4.76. The zero-order chi connectivity index (χ0) is 13.8. The van der Waals surface area contributed by atoms with Crippen LogP contribution in [0.1, 0.15) is 18.3 Å². The molecule has 1 aliphatic rings. The van der Waals surface area contributed by atoms with Gasteiger partial charge in [0, 0.05) is 24.5 Å². The fraction of sp³-hybridized carbons (Fsp3) is 0.615. The molecule has 0 N–H and O–H groups in total. The molecule has 19 heavy (non-hydrogen) atoms. The van der Waals surface area contributed by atoms with Crippen molar-refractivity contribution >= 4 is 17.7 Å². The van der Waals surface area contributed by atoms with E-state index in [0.717, 1.165) is 11.4 Å². The number of aromatic nitrogens is 2. The van der Waals surface area contributed by atoms with Crippen LogP contribution >= 0.6 is 11.8 Å². The standard InChI is InChI=1S/C13H19N3O2S/c1-9-6-10(2)15-13(14-9)19-8-12(17)16-4-5-18-11(3)7-16/h6,11H,4-5,7-8H2,1-3H3. The van der Waals surface area contributed by atoms with Crippen molar-refractivity contribution in [1.29, 1.82) is 0 Å². The zero-order valence-corrected chi connectivity index (χ0v) is 12.4. The lowest BCUT2D eigenvalue weighted by Crippen LogP contribution is -2.45. The largest absolute Gasteiger partial charge is 0.375 e. The number of ether oxygens (including phenoxy) is 1. The van der Waals surface area contributed by atoms with Gasteiger partial charge in [-0.05, 0) is 26.8 Å². The molecule has 0 spiro atoms. The molecule has 104 valence electrons. The minimum Gasteiger partial charge on any atom is -0.375 e. The van der Waals surface area contributed by atoms with Gasteiger partial charge in [0.15, 0.2) is 5.16 Å². The van der Waals surface area contributed by atoms with E-state index in [1.807, 2.05) is 31.7 Å². The maximum absolute atomic E-state index is 12.1. The van der Waals surface area contributed by atoms with Crippen molar-refractivity contribution in [3.63, 3.8) is 0 Å². The second-order valence-electron chi connectivity index (χ2n) is 4.74. The first-order chi connectivity index (χ1) is 9.04. The molecule has 1 aromatic rings. The van der Waals surface area contributed by atoms with Gasteiger partial charge in [-0.25, -0.2) is 9.97 Å². The maximum atomic E-state index is 12.1. The predicted molar refractivity (Wildman–Crippen MR) is 74.2 cm³/mol. The Hall–Kier alpha value is -1.14. The first kappa shape index (κ1) is 14.3. The highest BCUT2D eigenvalue weighted by atomic mass is 32.2. The monoisotopic (exact) mass is 281 g/mol. The van der Waals surface area contributed by atoms with Gasteiger partial charge in [0.05, 0.1) is 18.5 Å². The van der Waals surface area contributed by atoms with Gasteiger partial charge in [0.1, 0.15) is 0 Å². The van der Waals surface area contributed by atoms with Crippen molar-refractivity contribution in [2.45, 2.75) is 32.0 Å². The molecule has 1 amide bonds. The molecule has 2 heterocycles. The van der Waals surface area contributed by atoms with Crippen LogP contribution in [0.4, 0.5) is 0 Å². The predicted octanol–water partition coefficient (Wildman–Crippen LogP) is 1.43. The lowest BCUT2D eigenvalue weighted by Gasteiger charge is -2.31. The van der Waals surface area contributed by atoms with Crippen LogP contribution in [0, 0.1) is 13.8 Å². The van der Waals surface area contributed by atoms with Crippen LogP contribution < -0.4 is 0 Å². The smallest absolute Gasteiger partial charge is 0.233 e. The maximum Gasteiger partial charge on any atom is 0.233 e. The molecule has 1 aromatic heterocycles. The molecule has 0 bridgehead atoms. The fourth-order valence-electron chi connectivity index (χ4n) is 2.02. The Balaban J connectivity index is 1.89. The highest BCUT2D eigenvalue weighted by molar-refractivity contribution is 7.99. The third-order valence-electron chi connectivity index (χ3n) is 2.88. The zero-order valence-electron chi connectivity index (χ0n) is 11.5. The summed E-state index contributed by atoms with van der Waals surface area (Å²) in [6.45, 7) is 7.83. The number of morpholine rings is 1. The summed E-state index contributed by atoms with van der Waals surface area (Å²) in [5, 5.41) is 0.673. The first-order valence-corrected chi connectivity index (χ1v) is 7.37. The van der Waals surface area contributed by atoms with E-state index in [1.54, 1.807) is 0 Å². The van der Waals surface area contributed by atoms with Crippen LogP contribution in [0.25, 0.3) is 0 Å². The van der Waals surface area contributed by atoms with Crippen molar-refractivity contribution in [3.8, 4) is 0 Å². The van der Waals surface area contributed by atoms with Crippen molar-refractivity contribution in [2.75, 3.05) is 25.4 Å². The number of rotatable bonds is 3. The number of aryl methyl sites for hydroxylation is 2. The Morgan fingerprint density at radius 3 is 2.79 bits per heavy atom. The van der Waals surface area contributed by atoms with Crippen molar-refractivity contribution in [1.82, 2.24) is 14.9 Å². The highest BCUT2D eigenvalue weighted by Crippen LogP contribution is 2.15. The van der Waals surface area contributed by atoms with E-state index in [1.165, 1.54) is 11.8 Å². The molecule has 1 atom stereocenters. The molecule has 0 aromatic carbocycles. The fourth-order valence-corrected chi connectivity index (χ4v) is 2.87. The number of carbonyl (C=O) groups is 1. The van der Waals surface area contributed by atoms with Gasteiger partial charge in [0.2, 0.25) is 5.91 Å². The average molecular weight is 281 g/mol. The van der Waals surface area contributed by atoms with E-state index in [4.69, 9.17) is 4.74 Å². The lowest BCUT2D eigenvalue weighted by molar-refractivity contribution is -0.135. The van der Waals surface area contributed by atoms with Crippen LogP contribution in [-0.4, -0.2) is 52.3 Å². The van der Waals surface area contributed by atoms with E-state index < -0.39 is 0 Å². The van der Waals surface area contributed by atoms with E-state index in [-0.39, 0.29) is 12.0 Å². The molecule has 6 heteroatoms. The summed E-state index contributed by atoms with van der Waals surface area (Å²) < 4.78 is 5.43. The van der Waals surface area contributed by atoms with Gasteiger partial charge in [-0.1, -0.05) is 11.8 Å². The molecule has 0 radical (unpaired) electrons. The summed E-state index contributed by atoms with van der Waals surface area (Å²) in [5.41, 5.74) is 1.87. The number of nitrogens with zero attached hydrogens (tertiary/aromatic N) is 3. The Morgan fingerprint density at radius 1 is 1.47 bits per heavy atom. The SMILES string of the molecule is Cc1cc(C)nc(SCC(=O)N2CCOC(C)C2)n1. The third-order valence-corrected chi connectivity index (χ3v) is 3.71. The summed E-state index contributed by atoms with van der Waals surface area (Å²) in [7, 11) is 0. The topological polar surface area (TPSA) is 55.3 Å². The Bertz CT molecular complexity index is 447. The number of hydrogen-bond donors (Lipinski definition) is 0. The lowest BCUT2D eigenvalue weighted by atomic mass is 10.3. The summed E-state index contributed by atoms with van der Waals surface area (Å²) in [6.07, 6.45) is 0.125. The number of amides is 1. The van der Waals surface area contributed by atoms with E-state index in [0.29, 0.717) is 30.6 Å². The van der Waals surface area contributed by atoms with Crippen LogP contribution in [0.2, 0.25) is 0 Å². The van der Waals surface area contributed by atoms with Crippen LogP contribution in [0.15, 0.2) is 11.2 Å². The molecule has 1 fully saturated rings. The number of hydrogen-bond acceptors (Lipinski definition) is 5. The summed E-state index contributed by atoms with van der Waals surface area (Å²) in [4.78, 5) is 22.6. The van der Waals surface area contributed by atoms with Crippen LogP contribution in [0.3, 0.4) is 0 Å². The van der Waals surface area contributed by atoms with Crippen molar-refractivity contribution < 1.29 is 9.53 Å². The summed E-state index contributed by atoms with van der Waals surface area (Å²) >= 11 is 1.40. The van der Waals surface area contributed by atoms with E-state index in [2.05, 4.69) is 9.97 Å². The summed E-state index contributed by atoms with van der Waals surface area (Å²) in [5.74, 6) is 0.512. The Morgan fingerprint density at radius 2 is 2.16 bits per heavy atom. The molecule has 0 saturated carbocycles. The quantitative estimate of drug-likeness (QED) is 0.620. The van der Waals surface area contributed by atoms with Crippen LogP contribution in [-0.2, 0) is 9.53 Å². The molecule has 1 aliphatic heterocycles.